The van der Waals surface area contributed by atoms with E-state index in [2.05, 4.69) is 4.72 Å². The van der Waals surface area contributed by atoms with E-state index in [1.54, 1.807) is 13.8 Å². The van der Waals surface area contributed by atoms with Crippen LogP contribution in [0.2, 0.25) is 0 Å². The minimum atomic E-state index is -5.04. The third kappa shape index (κ3) is 6.73. The second kappa shape index (κ2) is 12.0. The Morgan fingerprint density at radius 3 is 2.16 bits per heavy atom. The number of anilines is 2. The Morgan fingerprint density at radius 2 is 1.61 bits per heavy atom. The molecule has 0 saturated carbocycles. The number of carboxylic acid groups (broad SMARTS) is 1. The lowest BCUT2D eigenvalue weighted by Crippen LogP contribution is -2.60. The van der Waals surface area contributed by atoms with Crippen molar-refractivity contribution in [3.63, 3.8) is 0 Å². The Balaban J connectivity index is 1.73. The molecule has 0 spiro atoms. The van der Waals surface area contributed by atoms with Crippen LogP contribution in [0.4, 0.5) is 33.7 Å². The van der Waals surface area contributed by atoms with Gasteiger partial charge in [-0.05, 0) is 70.2 Å². The van der Waals surface area contributed by atoms with Gasteiger partial charge in [-0.3, -0.25) is 4.31 Å². The second-order valence-corrected chi connectivity index (χ2v) is 14.6. The molecule has 0 aliphatic carbocycles. The number of halogens is 4. The first kappa shape index (κ1) is 33.7. The van der Waals surface area contributed by atoms with Gasteiger partial charge >= 0.3 is 6.18 Å². The van der Waals surface area contributed by atoms with Crippen LogP contribution in [0.1, 0.15) is 27.7 Å². The summed E-state index contributed by atoms with van der Waals surface area (Å²) in [5.41, 5.74) is -3.87. The lowest BCUT2D eigenvalue weighted by Gasteiger charge is -2.42. The van der Waals surface area contributed by atoms with E-state index in [1.165, 1.54) is 4.31 Å². The Labute approximate surface area is 252 Å². The maximum absolute atomic E-state index is 13.8. The van der Waals surface area contributed by atoms with Gasteiger partial charge in [-0.1, -0.05) is 0 Å². The Hall–Kier alpha value is -3.19. The van der Waals surface area contributed by atoms with E-state index >= 15 is 0 Å². The Bertz CT molecular complexity index is 1590. The van der Waals surface area contributed by atoms with E-state index in [4.69, 9.17) is 9.47 Å². The predicted octanol–water partition coefficient (Wildman–Crippen LogP) is 2.22. The van der Waals surface area contributed by atoms with E-state index in [1.807, 2.05) is 0 Å². The molecule has 2 aromatic carbocycles. The molecule has 2 unspecified atom stereocenters. The van der Waals surface area contributed by atoms with Crippen LogP contribution in [0, 0.1) is 5.82 Å². The maximum atomic E-state index is 13.8. The minimum Gasteiger partial charge on any atom is -0.530 e. The number of nitrogens with zero attached hydrogens (tertiary/aromatic N) is 3. The minimum absolute atomic E-state index is 0.0550. The van der Waals surface area contributed by atoms with Gasteiger partial charge in [-0.2, -0.15) is 30.6 Å². The molecule has 1 N–H and O–H groups in total. The third-order valence-corrected chi connectivity index (χ3v) is 10.5. The molecule has 2 aliphatic heterocycles. The lowest BCUT2D eigenvalue weighted by molar-refractivity contribution is -0.254. The normalized spacial score (nSPS) is 21.8. The molecule has 2 aliphatic rings. The van der Waals surface area contributed by atoms with E-state index in [0.717, 1.165) is 46.8 Å². The van der Waals surface area contributed by atoms with E-state index < -0.39 is 68.7 Å². The van der Waals surface area contributed by atoms with Gasteiger partial charge in [0.25, 0.3) is 20.2 Å². The van der Waals surface area contributed by atoms with Crippen LogP contribution < -0.4 is 23.8 Å². The zero-order chi connectivity index (χ0) is 32.8. The van der Waals surface area contributed by atoms with Crippen LogP contribution in [0.25, 0.3) is 0 Å². The average molecular weight is 668 g/mol. The number of carbonyl (C=O) groups is 1. The Morgan fingerprint density at radius 1 is 1.02 bits per heavy atom. The number of hydrogen-bond acceptors (Lipinski definition) is 8. The van der Waals surface area contributed by atoms with Gasteiger partial charge in [0, 0.05) is 18.8 Å². The molecule has 1 fully saturated rings. The highest BCUT2D eigenvalue weighted by Crippen LogP contribution is 2.43. The van der Waals surface area contributed by atoms with E-state index in [0.29, 0.717) is 13.8 Å². The summed E-state index contributed by atoms with van der Waals surface area (Å²) < 4.78 is 124. The quantitative estimate of drug-likeness (QED) is 0.422. The van der Waals surface area contributed by atoms with Gasteiger partial charge in [-0.15, -0.1) is 0 Å². The highest BCUT2D eigenvalue weighted by atomic mass is 32.2. The molecular weight excluding hydrogens is 636 g/mol. The molecule has 44 heavy (non-hydrogen) atoms. The number of nitrogens with one attached hydrogen (secondary N) is 1. The molecule has 12 nitrogen and oxygen atoms in total. The first-order chi connectivity index (χ1) is 20.2. The third-order valence-electron chi connectivity index (χ3n) is 7.19. The number of carbonyl (C=O) groups excluding carboxylic acids is 1. The average Bonchev–Trinajstić information content (AvgIpc) is 2.90. The van der Waals surface area contributed by atoms with Gasteiger partial charge in [0.05, 0.1) is 35.9 Å². The van der Waals surface area contributed by atoms with Crippen LogP contribution in [0.15, 0.2) is 47.4 Å². The molecule has 2 heterocycles. The summed E-state index contributed by atoms with van der Waals surface area (Å²) in [5, 5.41) is 11.9. The van der Waals surface area contributed by atoms with Gasteiger partial charge in [0.1, 0.15) is 29.3 Å². The molecule has 1 amide bonds. The van der Waals surface area contributed by atoms with Crippen molar-refractivity contribution in [1.82, 2.24) is 9.03 Å². The number of ether oxygens (including phenoxy) is 2. The van der Waals surface area contributed by atoms with Crippen LogP contribution in [0.3, 0.4) is 0 Å². The molecule has 0 aromatic heterocycles. The number of alkyl halides is 3. The van der Waals surface area contributed by atoms with Crippen molar-refractivity contribution in [2.75, 3.05) is 35.4 Å². The van der Waals surface area contributed by atoms with Crippen molar-refractivity contribution >= 4 is 37.7 Å². The summed E-state index contributed by atoms with van der Waals surface area (Å²) >= 11 is 0. The van der Waals surface area contributed by atoms with Crippen LogP contribution in [-0.2, 0) is 25.0 Å². The number of benzene rings is 2. The summed E-state index contributed by atoms with van der Waals surface area (Å²) in [6, 6.07) is 6.68. The van der Waals surface area contributed by atoms with Crippen LogP contribution in [0.5, 0.6) is 5.75 Å². The number of morpholine rings is 1. The first-order valence-corrected chi connectivity index (χ1v) is 16.2. The highest BCUT2D eigenvalue weighted by molar-refractivity contribution is 7.92. The van der Waals surface area contributed by atoms with Gasteiger partial charge in [-0.25, -0.2) is 12.8 Å². The molecule has 244 valence electrons. The molecular formula is C26H31F4N4O8S2-. The Kier molecular flexibility index (Phi) is 9.16. The van der Waals surface area contributed by atoms with Crippen molar-refractivity contribution in [3.05, 3.63) is 48.3 Å². The molecule has 2 aromatic rings. The number of fused-ring (bicyclic) bond motifs is 1. The molecule has 3 atom stereocenters. The lowest BCUT2D eigenvalue weighted by atomic mass is 10.0. The van der Waals surface area contributed by atoms with Crippen molar-refractivity contribution < 1.29 is 53.8 Å². The van der Waals surface area contributed by atoms with Crippen LogP contribution >= 0.6 is 0 Å². The largest absolute Gasteiger partial charge is 0.530 e. The number of rotatable bonds is 8. The van der Waals surface area contributed by atoms with Gasteiger partial charge < -0.3 is 24.3 Å². The van der Waals surface area contributed by atoms with E-state index in [-0.39, 0.29) is 46.5 Å². The number of amides is 1. The molecule has 4 rings (SSSR count). The first-order valence-electron chi connectivity index (χ1n) is 13.3. The van der Waals surface area contributed by atoms with Crippen molar-refractivity contribution in [3.8, 4) is 5.75 Å². The summed E-state index contributed by atoms with van der Waals surface area (Å²) in [7, 11) is -8.63. The summed E-state index contributed by atoms with van der Waals surface area (Å²) in [6.45, 7) is 3.85. The van der Waals surface area contributed by atoms with Crippen LogP contribution in [-0.4, -0.2) is 83.4 Å². The zero-order valence-electron chi connectivity index (χ0n) is 24.0. The number of hydrogen-bond donors (Lipinski definition) is 1. The second-order valence-electron chi connectivity index (χ2n) is 11.0. The summed E-state index contributed by atoms with van der Waals surface area (Å²) in [4.78, 5) is 11.5. The fourth-order valence-corrected chi connectivity index (χ4v) is 7.80. The molecule has 0 radical (unpaired) electrons. The van der Waals surface area contributed by atoms with Crippen molar-refractivity contribution in [2.24, 2.45) is 0 Å². The SMILES string of the molecule is CC1CN(S(=O)(=O)NC[C@H]2CN(S(=O)(=O)c3ccc(F)cc3)c3cc(N(C(=O)[O-])C(C)(C)C(F)(F)F)ccc3O2)CC(C)O1. The summed E-state index contributed by atoms with van der Waals surface area (Å²) in [5.74, 6) is -0.918. The fraction of sp³-hybridized carbons (Fsp3) is 0.500. The topological polar surface area (TPSA) is 149 Å². The predicted molar refractivity (Wildman–Crippen MR) is 148 cm³/mol. The molecule has 0 bridgehead atoms. The standard InChI is InChI=1S/C26H32F4N4O8S2/c1-16-13-32(14-17(2)41-16)44(39,40)31-12-20-15-33(43(37,38)21-8-5-18(27)6-9-21)22-11-19(7-10-23(22)42-20)34(24(35)36)25(3,4)26(28,29)30/h5-11,16-17,20,31H,12-15H2,1-4H3,(H,35,36)/p-1/t16?,17?,20-/m0/s1. The number of sulfonamides is 1. The molecule has 1 saturated heterocycles. The maximum Gasteiger partial charge on any atom is 0.411 e. The fourth-order valence-electron chi connectivity index (χ4n) is 4.91. The van der Waals surface area contributed by atoms with E-state index in [9.17, 15) is 44.3 Å². The van der Waals surface area contributed by atoms with Gasteiger partial charge in [0.2, 0.25) is 0 Å². The van der Waals surface area contributed by atoms with Gasteiger partial charge in [0.15, 0.2) is 0 Å². The summed E-state index contributed by atoms with van der Waals surface area (Å²) in [6.07, 6.45) is -9.13. The monoisotopic (exact) mass is 667 g/mol. The van der Waals surface area contributed by atoms with Crippen molar-refractivity contribution in [2.45, 2.75) is 62.6 Å². The highest BCUT2D eigenvalue weighted by Gasteiger charge is 2.52. The zero-order valence-corrected chi connectivity index (χ0v) is 25.7. The molecule has 18 heteroatoms. The smallest absolute Gasteiger partial charge is 0.411 e. The van der Waals surface area contributed by atoms with Crippen molar-refractivity contribution in [1.29, 1.82) is 0 Å².